The van der Waals surface area contributed by atoms with Crippen molar-refractivity contribution in [2.45, 2.75) is 0 Å². The number of carbonyl (C=O) groups is 1. The average molecular weight is 356 g/mol. The molecule has 3 N–H and O–H groups in total. The van der Waals surface area contributed by atoms with Gasteiger partial charge in [-0.2, -0.15) is 0 Å². The van der Waals surface area contributed by atoms with Crippen molar-refractivity contribution in [2.24, 2.45) is 5.73 Å². The van der Waals surface area contributed by atoms with E-state index in [1.54, 1.807) is 20.3 Å². The van der Waals surface area contributed by atoms with Crippen molar-refractivity contribution < 1.29 is 23.7 Å². The van der Waals surface area contributed by atoms with Crippen LogP contribution in [0.1, 0.15) is 11.1 Å². The summed E-state index contributed by atoms with van der Waals surface area (Å²) >= 11 is 0. The van der Waals surface area contributed by atoms with Crippen molar-refractivity contribution in [3.63, 3.8) is 0 Å². The van der Waals surface area contributed by atoms with E-state index < -0.39 is 0 Å². The number of fused-ring (bicyclic) bond motifs is 1. The summed E-state index contributed by atoms with van der Waals surface area (Å²) in [4.78, 5) is 11.6. The molecule has 0 fully saturated rings. The second kappa shape index (κ2) is 7.79. The van der Waals surface area contributed by atoms with Crippen LogP contribution in [0.25, 0.3) is 12.2 Å². The van der Waals surface area contributed by atoms with Crippen molar-refractivity contribution >= 4 is 23.7 Å². The molecule has 0 atom stereocenters. The van der Waals surface area contributed by atoms with Crippen molar-refractivity contribution in [3.8, 4) is 23.0 Å². The maximum absolute atomic E-state index is 11.6. The lowest BCUT2D eigenvalue weighted by Gasteiger charge is -2.10. The van der Waals surface area contributed by atoms with Crippen LogP contribution in [0.2, 0.25) is 0 Å². The standard InChI is InChI=1S/C19H20N2O5/c1-23-15-6-5-12(7-14(15)21-18(22)10-20)3-4-13-8-16(24-2)19-17(9-13)25-11-26-19/h3-9H,10-11,20H2,1-2H3,(H,21,22)/b4-3-. The molecular formula is C19H20N2O5. The molecule has 26 heavy (non-hydrogen) atoms. The zero-order chi connectivity index (χ0) is 18.5. The summed E-state index contributed by atoms with van der Waals surface area (Å²) in [6.07, 6.45) is 3.83. The Kier molecular flexibility index (Phi) is 5.28. The van der Waals surface area contributed by atoms with Crippen LogP contribution in [0.3, 0.4) is 0 Å². The first-order valence-corrected chi connectivity index (χ1v) is 7.98. The summed E-state index contributed by atoms with van der Waals surface area (Å²) in [5, 5.41) is 2.72. The molecule has 1 heterocycles. The Bertz CT molecular complexity index is 848. The molecule has 136 valence electrons. The molecule has 1 aliphatic heterocycles. The first-order chi connectivity index (χ1) is 12.6. The van der Waals surface area contributed by atoms with E-state index in [0.717, 1.165) is 11.1 Å². The van der Waals surface area contributed by atoms with Crippen LogP contribution in [-0.2, 0) is 4.79 Å². The predicted molar refractivity (Wildman–Crippen MR) is 98.7 cm³/mol. The van der Waals surface area contributed by atoms with Crippen LogP contribution in [-0.4, -0.2) is 33.5 Å². The maximum atomic E-state index is 11.6. The summed E-state index contributed by atoms with van der Waals surface area (Å²) < 4.78 is 21.4. The number of nitrogens with two attached hydrogens (primary N) is 1. The highest BCUT2D eigenvalue weighted by Crippen LogP contribution is 2.42. The van der Waals surface area contributed by atoms with Crippen molar-refractivity contribution in [1.29, 1.82) is 0 Å². The Morgan fingerprint density at radius 1 is 1.12 bits per heavy atom. The van der Waals surface area contributed by atoms with Crippen molar-refractivity contribution in [3.05, 3.63) is 41.5 Å². The molecule has 3 rings (SSSR count). The molecule has 0 bridgehead atoms. The third-order valence-corrected chi connectivity index (χ3v) is 3.83. The number of anilines is 1. The van der Waals surface area contributed by atoms with E-state index in [1.807, 2.05) is 36.4 Å². The topological polar surface area (TPSA) is 92.0 Å². The molecule has 0 saturated carbocycles. The van der Waals surface area contributed by atoms with Gasteiger partial charge in [0.1, 0.15) is 5.75 Å². The molecule has 7 heteroatoms. The summed E-state index contributed by atoms with van der Waals surface area (Å²) in [5.74, 6) is 2.15. The number of rotatable bonds is 6. The van der Waals surface area contributed by atoms with E-state index in [0.29, 0.717) is 28.7 Å². The number of benzene rings is 2. The Balaban J connectivity index is 1.86. The van der Waals surface area contributed by atoms with Crippen LogP contribution < -0.4 is 30.0 Å². The van der Waals surface area contributed by atoms with E-state index in [-0.39, 0.29) is 19.2 Å². The molecule has 7 nitrogen and oxygen atoms in total. The highest BCUT2D eigenvalue weighted by molar-refractivity contribution is 5.94. The summed E-state index contributed by atoms with van der Waals surface area (Å²) in [5.41, 5.74) is 7.70. The van der Waals surface area contributed by atoms with Crippen LogP contribution >= 0.6 is 0 Å². The monoisotopic (exact) mass is 356 g/mol. The fourth-order valence-electron chi connectivity index (χ4n) is 2.57. The normalized spacial score (nSPS) is 12.3. The van der Waals surface area contributed by atoms with Crippen molar-refractivity contribution in [1.82, 2.24) is 0 Å². The number of hydrogen-bond acceptors (Lipinski definition) is 6. The largest absolute Gasteiger partial charge is 0.495 e. The quantitative estimate of drug-likeness (QED) is 0.773. The summed E-state index contributed by atoms with van der Waals surface area (Å²) in [7, 11) is 3.13. The number of carbonyl (C=O) groups excluding carboxylic acids is 1. The van der Waals surface area contributed by atoms with Gasteiger partial charge in [0.15, 0.2) is 11.5 Å². The van der Waals surface area contributed by atoms with E-state index in [4.69, 9.17) is 24.7 Å². The van der Waals surface area contributed by atoms with Gasteiger partial charge in [-0.15, -0.1) is 0 Å². The second-order valence-electron chi connectivity index (χ2n) is 5.50. The SMILES string of the molecule is COc1ccc(/C=C\c2cc(OC)c3c(c2)OCO3)cc1NC(=O)CN. The van der Waals surface area contributed by atoms with Gasteiger partial charge < -0.3 is 30.0 Å². The fraction of sp³-hybridized carbons (Fsp3) is 0.211. The highest BCUT2D eigenvalue weighted by Gasteiger charge is 2.19. The molecule has 0 spiro atoms. The number of ether oxygens (including phenoxy) is 4. The summed E-state index contributed by atoms with van der Waals surface area (Å²) in [6, 6.07) is 9.23. The maximum Gasteiger partial charge on any atom is 0.238 e. The van der Waals surface area contributed by atoms with Crippen LogP contribution in [0, 0.1) is 0 Å². The van der Waals surface area contributed by atoms with E-state index in [9.17, 15) is 4.79 Å². The average Bonchev–Trinajstić information content (AvgIpc) is 3.14. The van der Waals surface area contributed by atoms with Gasteiger partial charge in [-0.25, -0.2) is 0 Å². The molecule has 0 unspecified atom stereocenters. The van der Waals surface area contributed by atoms with Gasteiger partial charge in [0, 0.05) is 0 Å². The lowest BCUT2D eigenvalue weighted by atomic mass is 10.1. The molecule has 0 aromatic heterocycles. The third kappa shape index (κ3) is 3.73. The Hall–Kier alpha value is -3.19. The van der Waals surface area contributed by atoms with Crippen LogP contribution in [0.15, 0.2) is 30.3 Å². The van der Waals surface area contributed by atoms with Crippen LogP contribution in [0.4, 0.5) is 5.69 Å². The molecule has 0 saturated heterocycles. The number of methoxy groups -OCH3 is 2. The van der Waals surface area contributed by atoms with E-state index in [1.165, 1.54) is 0 Å². The zero-order valence-corrected chi connectivity index (χ0v) is 14.6. The van der Waals surface area contributed by atoms with Crippen molar-refractivity contribution in [2.75, 3.05) is 32.9 Å². The van der Waals surface area contributed by atoms with Crippen LogP contribution in [0.5, 0.6) is 23.0 Å². The number of hydrogen-bond donors (Lipinski definition) is 2. The molecular weight excluding hydrogens is 336 g/mol. The minimum absolute atomic E-state index is 0.0970. The molecule has 1 amide bonds. The number of amides is 1. The molecule has 2 aromatic rings. The van der Waals surface area contributed by atoms with Gasteiger partial charge in [-0.3, -0.25) is 4.79 Å². The first-order valence-electron chi connectivity index (χ1n) is 7.98. The summed E-state index contributed by atoms with van der Waals surface area (Å²) in [6.45, 7) is 0.0851. The van der Waals surface area contributed by atoms with Gasteiger partial charge >= 0.3 is 0 Å². The Labute approximate surface area is 151 Å². The van der Waals surface area contributed by atoms with E-state index >= 15 is 0 Å². The Morgan fingerprint density at radius 3 is 2.62 bits per heavy atom. The van der Waals surface area contributed by atoms with E-state index in [2.05, 4.69) is 5.32 Å². The lowest BCUT2D eigenvalue weighted by molar-refractivity contribution is -0.114. The fourth-order valence-corrected chi connectivity index (χ4v) is 2.57. The lowest BCUT2D eigenvalue weighted by Crippen LogP contribution is -2.22. The zero-order valence-electron chi connectivity index (χ0n) is 14.6. The van der Waals surface area contributed by atoms with Gasteiger partial charge in [-0.05, 0) is 35.4 Å². The second-order valence-corrected chi connectivity index (χ2v) is 5.50. The number of nitrogens with one attached hydrogen (secondary N) is 1. The molecule has 0 radical (unpaired) electrons. The molecule has 1 aliphatic rings. The predicted octanol–water partition coefficient (Wildman–Crippen LogP) is 2.50. The minimum atomic E-state index is -0.287. The van der Waals surface area contributed by atoms with Gasteiger partial charge in [-0.1, -0.05) is 18.2 Å². The first kappa shape index (κ1) is 17.6. The third-order valence-electron chi connectivity index (χ3n) is 3.83. The Morgan fingerprint density at radius 2 is 1.88 bits per heavy atom. The smallest absolute Gasteiger partial charge is 0.238 e. The minimum Gasteiger partial charge on any atom is -0.495 e. The molecule has 2 aromatic carbocycles. The molecule has 0 aliphatic carbocycles. The van der Waals surface area contributed by atoms with Gasteiger partial charge in [0.25, 0.3) is 0 Å². The van der Waals surface area contributed by atoms with Gasteiger partial charge in [0.05, 0.1) is 26.5 Å². The highest BCUT2D eigenvalue weighted by atomic mass is 16.7. The van der Waals surface area contributed by atoms with Gasteiger partial charge in [0.2, 0.25) is 18.4 Å².